The minimum atomic E-state index is 0.377. The highest BCUT2D eigenvalue weighted by molar-refractivity contribution is 6.83. The van der Waals surface area contributed by atoms with E-state index in [1.807, 2.05) is 6.07 Å². The Kier molecular flexibility index (Phi) is 3.38. The van der Waals surface area contributed by atoms with E-state index >= 15 is 0 Å². The maximum atomic E-state index is 4.13. The molecular formula is C12H18B2N6. The van der Waals surface area contributed by atoms with Gasteiger partial charge in [0.05, 0.1) is 6.67 Å². The summed E-state index contributed by atoms with van der Waals surface area (Å²) in [6.07, 6.45) is 0. The maximum absolute atomic E-state index is 4.13. The number of anilines is 2. The summed E-state index contributed by atoms with van der Waals surface area (Å²) in [5.41, 5.74) is 1.73. The van der Waals surface area contributed by atoms with Crippen molar-refractivity contribution in [3.8, 4) is 0 Å². The molecule has 1 aliphatic heterocycles. The number of aromatic nitrogens is 4. The molecule has 6 nitrogen and oxygen atoms in total. The average molecular weight is 268 g/mol. The summed E-state index contributed by atoms with van der Waals surface area (Å²) in [6, 6.07) is 10.5. The fourth-order valence-electron chi connectivity index (χ4n) is 2.85. The van der Waals surface area contributed by atoms with Gasteiger partial charge >= 0.3 is 0 Å². The molecule has 0 spiro atoms. The number of H-pyrrole nitrogens is 1. The number of aromatic amines is 1. The number of nitrogens with one attached hydrogen (secondary N) is 1. The standard InChI is InChI=1S/C12H18B2N6/c1-10-13(2)19(11-7-5-4-6-8-11)9-20(14(10)3)12-15-17-18-16-12/h4-8,10H,9H2,1-3H3,(H,15,16,17,18). The average Bonchev–Trinajstić information content (AvgIpc) is 3.00. The fourth-order valence-corrected chi connectivity index (χ4v) is 2.85. The number of benzene rings is 1. The lowest BCUT2D eigenvalue weighted by atomic mass is 9.30. The highest BCUT2D eigenvalue weighted by Gasteiger charge is 2.41. The molecular weight excluding hydrogens is 250 g/mol. The predicted molar refractivity (Wildman–Crippen MR) is 83.1 cm³/mol. The van der Waals surface area contributed by atoms with E-state index < -0.39 is 0 Å². The van der Waals surface area contributed by atoms with Crippen LogP contribution in [0.4, 0.5) is 11.6 Å². The van der Waals surface area contributed by atoms with Crippen LogP contribution >= 0.6 is 0 Å². The third-order valence-electron chi connectivity index (χ3n) is 4.49. The van der Waals surface area contributed by atoms with Gasteiger partial charge in [0.15, 0.2) is 0 Å². The van der Waals surface area contributed by atoms with Gasteiger partial charge in [-0.15, -0.1) is 5.10 Å². The second-order valence-corrected chi connectivity index (χ2v) is 5.47. The molecule has 1 atom stereocenters. The molecule has 1 saturated heterocycles. The Balaban J connectivity index is 1.92. The highest BCUT2D eigenvalue weighted by Crippen LogP contribution is 2.30. The van der Waals surface area contributed by atoms with Crippen molar-refractivity contribution >= 4 is 25.3 Å². The molecule has 0 saturated carbocycles. The summed E-state index contributed by atoms with van der Waals surface area (Å²) in [7, 11) is 0. The Hall–Kier alpha value is -1.98. The molecule has 0 bridgehead atoms. The number of hydrogen-bond donors (Lipinski definition) is 1. The van der Waals surface area contributed by atoms with E-state index in [1.54, 1.807) is 0 Å². The van der Waals surface area contributed by atoms with Crippen molar-refractivity contribution in [1.29, 1.82) is 0 Å². The van der Waals surface area contributed by atoms with Gasteiger partial charge in [-0.1, -0.05) is 43.9 Å². The first-order chi connectivity index (χ1) is 9.68. The summed E-state index contributed by atoms with van der Waals surface area (Å²) in [6.45, 7) is 8.40. The van der Waals surface area contributed by atoms with Gasteiger partial charge in [-0.3, -0.25) is 0 Å². The van der Waals surface area contributed by atoms with Crippen molar-refractivity contribution < 1.29 is 0 Å². The van der Waals surface area contributed by atoms with E-state index in [4.69, 9.17) is 0 Å². The molecule has 1 N–H and O–H groups in total. The van der Waals surface area contributed by atoms with Crippen molar-refractivity contribution in [3.63, 3.8) is 0 Å². The lowest BCUT2D eigenvalue weighted by Crippen LogP contribution is -2.61. The number of para-hydroxylation sites is 1. The summed E-state index contributed by atoms with van der Waals surface area (Å²) < 4.78 is 0. The molecule has 1 aromatic carbocycles. The van der Waals surface area contributed by atoms with Crippen LogP contribution in [0.5, 0.6) is 0 Å². The quantitative estimate of drug-likeness (QED) is 0.839. The molecule has 2 heterocycles. The van der Waals surface area contributed by atoms with E-state index in [0.717, 1.165) is 6.67 Å². The topological polar surface area (TPSA) is 60.9 Å². The Morgan fingerprint density at radius 2 is 1.85 bits per heavy atom. The van der Waals surface area contributed by atoms with Crippen LogP contribution in [-0.4, -0.2) is 41.0 Å². The zero-order valence-electron chi connectivity index (χ0n) is 12.1. The molecule has 20 heavy (non-hydrogen) atoms. The normalized spacial score (nSPS) is 19.6. The molecule has 1 fully saturated rings. The number of nitrogens with zero attached hydrogens (tertiary/aromatic N) is 5. The molecule has 0 amide bonds. The summed E-state index contributed by atoms with van der Waals surface area (Å²) in [5, 5.41) is 14.5. The summed E-state index contributed by atoms with van der Waals surface area (Å²) in [5.74, 6) is 0.664. The molecule has 2 aromatic rings. The smallest absolute Gasteiger partial charge is 0.255 e. The van der Waals surface area contributed by atoms with Gasteiger partial charge in [0.25, 0.3) is 19.6 Å². The number of hydrogen-bond acceptors (Lipinski definition) is 5. The monoisotopic (exact) mass is 268 g/mol. The first-order valence-corrected chi connectivity index (χ1v) is 7.00. The Labute approximate surface area is 119 Å². The molecule has 0 aliphatic carbocycles. The van der Waals surface area contributed by atoms with Crippen molar-refractivity contribution in [3.05, 3.63) is 30.3 Å². The van der Waals surface area contributed by atoms with Crippen molar-refractivity contribution in [2.75, 3.05) is 16.3 Å². The molecule has 1 aromatic heterocycles. The lowest BCUT2D eigenvalue weighted by Gasteiger charge is -2.46. The summed E-state index contributed by atoms with van der Waals surface area (Å²) in [4.78, 5) is 4.59. The molecule has 0 radical (unpaired) electrons. The zero-order chi connectivity index (χ0) is 14.1. The van der Waals surface area contributed by atoms with E-state index in [-0.39, 0.29) is 0 Å². The molecule has 3 rings (SSSR count). The first-order valence-electron chi connectivity index (χ1n) is 7.00. The Morgan fingerprint density at radius 1 is 1.15 bits per heavy atom. The highest BCUT2D eigenvalue weighted by atomic mass is 15.5. The van der Waals surface area contributed by atoms with Crippen molar-refractivity contribution in [2.24, 2.45) is 0 Å². The van der Waals surface area contributed by atoms with Gasteiger partial charge in [-0.05, 0) is 23.1 Å². The summed E-state index contributed by atoms with van der Waals surface area (Å²) >= 11 is 0. The molecule has 1 aliphatic rings. The molecule has 1 unspecified atom stereocenters. The van der Waals surface area contributed by atoms with E-state index in [2.05, 4.69) is 75.1 Å². The van der Waals surface area contributed by atoms with Crippen LogP contribution in [0.2, 0.25) is 19.4 Å². The minimum Gasteiger partial charge on any atom is -0.400 e. The van der Waals surface area contributed by atoms with Gasteiger partial charge in [0.2, 0.25) is 0 Å². The second-order valence-electron chi connectivity index (χ2n) is 5.47. The van der Waals surface area contributed by atoms with Gasteiger partial charge < -0.3 is 9.62 Å². The minimum absolute atomic E-state index is 0.377. The largest absolute Gasteiger partial charge is 0.400 e. The lowest BCUT2D eigenvalue weighted by molar-refractivity contribution is 0.881. The predicted octanol–water partition coefficient (Wildman–Crippen LogP) is 1.66. The van der Waals surface area contributed by atoms with Crippen molar-refractivity contribution in [1.82, 2.24) is 20.6 Å². The Morgan fingerprint density at radius 3 is 2.50 bits per heavy atom. The number of rotatable bonds is 2. The zero-order valence-corrected chi connectivity index (χ0v) is 12.1. The Bertz CT molecular complexity index is 548. The van der Waals surface area contributed by atoms with Gasteiger partial charge in [-0.2, -0.15) is 5.21 Å². The van der Waals surface area contributed by atoms with Crippen LogP contribution in [0.3, 0.4) is 0 Å². The molecule has 102 valence electrons. The van der Waals surface area contributed by atoms with Gasteiger partial charge in [0, 0.05) is 5.69 Å². The van der Waals surface area contributed by atoms with Crippen LogP contribution in [0.25, 0.3) is 0 Å². The van der Waals surface area contributed by atoms with Crippen LogP contribution in [0.1, 0.15) is 6.92 Å². The number of tetrazole rings is 1. The van der Waals surface area contributed by atoms with Crippen LogP contribution < -0.4 is 9.62 Å². The maximum Gasteiger partial charge on any atom is 0.255 e. The first kappa shape index (κ1) is 13.0. The fraction of sp³-hybridized carbons (Fsp3) is 0.417. The molecule has 8 heteroatoms. The van der Waals surface area contributed by atoms with Crippen LogP contribution in [0, 0.1) is 0 Å². The van der Waals surface area contributed by atoms with E-state index in [0.29, 0.717) is 25.4 Å². The third-order valence-corrected chi connectivity index (χ3v) is 4.49. The second kappa shape index (κ2) is 5.19. The van der Waals surface area contributed by atoms with Gasteiger partial charge in [0.1, 0.15) is 0 Å². The SMILES string of the molecule is CB1C(C)B(C)N(c2nn[nH]n2)CN1c1ccccc1. The van der Waals surface area contributed by atoms with Crippen LogP contribution in [-0.2, 0) is 0 Å². The van der Waals surface area contributed by atoms with E-state index in [9.17, 15) is 0 Å². The van der Waals surface area contributed by atoms with Crippen molar-refractivity contribution in [2.45, 2.75) is 26.3 Å². The van der Waals surface area contributed by atoms with Gasteiger partial charge in [-0.25, -0.2) is 0 Å². The van der Waals surface area contributed by atoms with E-state index in [1.165, 1.54) is 5.69 Å². The van der Waals surface area contributed by atoms with Crippen LogP contribution in [0.15, 0.2) is 30.3 Å². The third kappa shape index (κ3) is 2.15.